The van der Waals surface area contributed by atoms with Crippen LogP contribution in [0.5, 0.6) is 5.75 Å². The Morgan fingerprint density at radius 2 is 1.84 bits per heavy atom. The molecular formula is C31H29ClF4N4O4. The van der Waals surface area contributed by atoms with Gasteiger partial charge >= 0.3 is 0 Å². The van der Waals surface area contributed by atoms with Gasteiger partial charge in [0.2, 0.25) is 5.79 Å². The third kappa shape index (κ3) is 5.28. The highest BCUT2D eigenvalue weighted by Crippen LogP contribution is 2.47. The fraction of sp³-hybridized carbons (Fsp3) is 0.387. The van der Waals surface area contributed by atoms with E-state index in [1.807, 2.05) is 0 Å². The van der Waals surface area contributed by atoms with Gasteiger partial charge in [-0.1, -0.05) is 11.6 Å². The molecule has 1 amide bonds. The molecule has 1 atom stereocenters. The Kier molecular flexibility index (Phi) is 7.18. The molecule has 232 valence electrons. The Hall–Kier alpha value is -3.74. The number of aromatic nitrogens is 3. The van der Waals surface area contributed by atoms with Crippen LogP contribution in [0.4, 0.5) is 17.6 Å². The molecule has 6 rings (SSSR count). The van der Waals surface area contributed by atoms with Crippen molar-refractivity contribution in [1.82, 2.24) is 20.1 Å². The van der Waals surface area contributed by atoms with Crippen molar-refractivity contribution in [3.63, 3.8) is 0 Å². The minimum atomic E-state index is -1.86. The molecule has 2 aliphatic rings. The van der Waals surface area contributed by atoms with Gasteiger partial charge in [0.25, 0.3) is 5.91 Å². The summed E-state index contributed by atoms with van der Waals surface area (Å²) in [6.45, 7) is 2.24. The van der Waals surface area contributed by atoms with Crippen LogP contribution in [0.3, 0.4) is 0 Å². The number of ether oxygens (including phenoxy) is 1. The van der Waals surface area contributed by atoms with Gasteiger partial charge in [0.1, 0.15) is 34.2 Å². The molecule has 2 fully saturated rings. The number of hydrogen-bond acceptors (Lipinski definition) is 6. The van der Waals surface area contributed by atoms with E-state index in [1.54, 1.807) is 0 Å². The number of nitrogens with zero attached hydrogens (tertiary/aromatic N) is 3. The molecule has 44 heavy (non-hydrogen) atoms. The number of fused-ring (bicyclic) bond motifs is 1. The van der Waals surface area contributed by atoms with Crippen LogP contribution in [-0.2, 0) is 17.0 Å². The number of amides is 1. The van der Waals surface area contributed by atoms with E-state index >= 15 is 4.39 Å². The Labute approximate surface area is 254 Å². The molecule has 3 N–H and O–H groups in total. The molecule has 8 nitrogen and oxygen atoms in total. The van der Waals surface area contributed by atoms with Crippen LogP contribution in [0.1, 0.15) is 61.1 Å². The molecule has 2 aromatic carbocycles. The van der Waals surface area contributed by atoms with E-state index in [0.29, 0.717) is 42.7 Å². The first-order valence-electron chi connectivity index (χ1n) is 14.0. The van der Waals surface area contributed by atoms with Crippen LogP contribution >= 0.6 is 11.6 Å². The van der Waals surface area contributed by atoms with Crippen molar-refractivity contribution in [2.24, 2.45) is 5.92 Å². The number of aliphatic hydroxyl groups is 2. The van der Waals surface area contributed by atoms with E-state index in [2.05, 4.69) is 15.4 Å². The topological polar surface area (TPSA) is 110 Å². The van der Waals surface area contributed by atoms with E-state index in [-0.39, 0.29) is 29.1 Å². The summed E-state index contributed by atoms with van der Waals surface area (Å²) in [7, 11) is 1.40. The number of methoxy groups -OCH3 is 1. The Morgan fingerprint density at radius 3 is 2.45 bits per heavy atom. The third-order valence-corrected chi connectivity index (χ3v) is 8.52. The van der Waals surface area contributed by atoms with Gasteiger partial charge in [0.15, 0.2) is 5.82 Å². The van der Waals surface area contributed by atoms with Crippen LogP contribution in [-0.4, -0.2) is 44.5 Å². The maximum absolute atomic E-state index is 15.7. The maximum Gasteiger partial charge on any atom is 0.251 e. The van der Waals surface area contributed by atoms with E-state index < -0.39 is 62.6 Å². The predicted octanol–water partition coefficient (Wildman–Crippen LogP) is 5.85. The van der Waals surface area contributed by atoms with Crippen molar-refractivity contribution in [2.75, 3.05) is 13.7 Å². The summed E-state index contributed by atoms with van der Waals surface area (Å²) in [6.07, 6.45) is 3.29. The van der Waals surface area contributed by atoms with Crippen molar-refractivity contribution in [1.29, 1.82) is 0 Å². The van der Waals surface area contributed by atoms with Crippen molar-refractivity contribution >= 4 is 28.4 Å². The summed E-state index contributed by atoms with van der Waals surface area (Å²) in [5.41, 5.74) is -4.58. The van der Waals surface area contributed by atoms with Gasteiger partial charge in [0.05, 0.1) is 30.0 Å². The van der Waals surface area contributed by atoms with Gasteiger partial charge in [-0.15, -0.1) is 0 Å². The molecule has 0 unspecified atom stereocenters. The smallest absolute Gasteiger partial charge is 0.251 e. The minimum absolute atomic E-state index is 0.124. The van der Waals surface area contributed by atoms with Gasteiger partial charge in [0, 0.05) is 47.2 Å². The molecule has 4 aromatic rings. The first kappa shape index (κ1) is 30.3. The molecule has 2 heterocycles. The van der Waals surface area contributed by atoms with Gasteiger partial charge in [-0.25, -0.2) is 27.2 Å². The number of carbonyl (C=O) groups is 1. The second-order valence-electron chi connectivity index (χ2n) is 12.0. The predicted molar refractivity (Wildman–Crippen MR) is 153 cm³/mol. The molecule has 13 heteroatoms. The van der Waals surface area contributed by atoms with Gasteiger partial charge in [-0.05, 0) is 56.9 Å². The van der Waals surface area contributed by atoms with Gasteiger partial charge in [-0.3, -0.25) is 4.79 Å². The molecule has 2 saturated carbocycles. The summed E-state index contributed by atoms with van der Waals surface area (Å²) in [6, 6.07) is 5.54. The standard InChI is InChI=1S/C31H29ClF4N4O4/c1-29(2,42)19-11-24(38-27(25(19)35)18-10-20(32)22(34)12-21(18)33)31(43,17-4-5-17)14-37-28(41)15-8-16-13-40(30(36)6-7-30)39-26(16)23(9-15)44-3/h8-13,17,42-43H,4-7,14H2,1-3H3,(H,37,41)/t31-/m1/s1. The van der Waals surface area contributed by atoms with E-state index in [0.717, 1.165) is 6.07 Å². The van der Waals surface area contributed by atoms with Crippen molar-refractivity contribution < 1.29 is 37.3 Å². The van der Waals surface area contributed by atoms with Crippen LogP contribution in [0.25, 0.3) is 22.2 Å². The van der Waals surface area contributed by atoms with Crippen LogP contribution in [0.15, 0.2) is 36.5 Å². The lowest BCUT2D eigenvalue weighted by Crippen LogP contribution is -2.43. The second kappa shape index (κ2) is 10.4. The fourth-order valence-corrected chi connectivity index (χ4v) is 5.49. The fourth-order valence-electron chi connectivity index (χ4n) is 5.33. The first-order valence-corrected chi connectivity index (χ1v) is 14.4. The molecule has 0 aliphatic heterocycles. The lowest BCUT2D eigenvalue weighted by molar-refractivity contribution is 0.00863. The Balaban J connectivity index is 1.37. The number of rotatable bonds is 9. The minimum Gasteiger partial charge on any atom is -0.494 e. The van der Waals surface area contributed by atoms with Gasteiger partial charge in [-0.2, -0.15) is 5.10 Å². The quantitative estimate of drug-likeness (QED) is 0.158. The lowest BCUT2D eigenvalue weighted by Gasteiger charge is -2.31. The first-order chi connectivity index (χ1) is 20.6. The highest BCUT2D eigenvalue weighted by atomic mass is 35.5. The summed E-state index contributed by atoms with van der Waals surface area (Å²) in [4.78, 5) is 17.6. The van der Waals surface area contributed by atoms with E-state index in [1.165, 1.54) is 50.0 Å². The number of pyridine rings is 1. The third-order valence-electron chi connectivity index (χ3n) is 8.23. The summed E-state index contributed by atoms with van der Waals surface area (Å²) in [5, 5.41) is 29.7. The number of benzene rings is 2. The average molecular weight is 633 g/mol. The molecule has 0 bridgehead atoms. The number of carbonyl (C=O) groups excluding carboxylic acids is 1. The van der Waals surface area contributed by atoms with Crippen LogP contribution in [0, 0.1) is 23.4 Å². The highest BCUT2D eigenvalue weighted by molar-refractivity contribution is 6.31. The van der Waals surface area contributed by atoms with Crippen molar-refractivity contribution in [3.05, 3.63) is 75.8 Å². The average Bonchev–Trinajstić information content (AvgIpc) is 3.90. The van der Waals surface area contributed by atoms with Crippen molar-refractivity contribution in [2.45, 2.75) is 56.5 Å². The maximum atomic E-state index is 15.7. The molecule has 0 radical (unpaired) electrons. The zero-order valence-corrected chi connectivity index (χ0v) is 24.8. The van der Waals surface area contributed by atoms with Crippen LogP contribution < -0.4 is 10.1 Å². The second-order valence-corrected chi connectivity index (χ2v) is 12.4. The SMILES string of the molecule is COc1cc(C(=O)NC[C@](O)(c2cc(C(C)(C)O)c(F)c(-c3cc(Cl)c(F)cc3F)n2)C2CC2)cc2cn(C3(F)CC3)nc12. The Morgan fingerprint density at radius 1 is 1.14 bits per heavy atom. The summed E-state index contributed by atoms with van der Waals surface area (Å²) < 4.78 is 65.8. The molecular weight excluding hydrogens is 604 g/mol. The molecule has 2 aliphatic carbocycles. The van der Waals surface area contributed by atoms with E-state index in [4.69, 9.17) is 16.3 Å². The Bertz CT molecular complexity index is 1820. The molecule has 2 aromatic heterocycles. The molecule has 0 spiro atoms. The number of halogens is 5. The monoisotopic (exact) mass is 632 g/mol. The lowest BCUT2D eigenvalue weighted by atomic mass is 9.87. The number of alkyl halides is 1. The number of hydrogen-bond donors (Lipinski definition) is 3. The molecule has 0 saturated heterocycles. The zero-order chi connectivity index (χ0) is 31.8. The normalized spacial score (nSPS) is 17.4. The van der Waals surface area contributed by atoms with Gasteiger partial charge < -0.3 is 20.3 Å². The van der Waals surface area contributed by atoms with Crippen LogP contribution in [0.2, 0.25) is 5.02 Å². The number of nitrogens with one attached hydrogen (secondary N) is 1. The largest absolute Gasteiger partial charge is 0.494 e. The zero-order valence-electron chi connectivity index (χ0n) is 24.0. The summed E-state index contributed by atoms with van der Waals surface area (Å²) in [5.74, 6) is -5.57. The van der Waals surface area contributed by atoms with E-state index in [9.17, 15) is 28.2 Å². The van der Waals surface area contributed by atoms with Crippen molar-refractivity contribution in [3.8, 4) is 17.0 Å². The highest BCUT2D eigenvalue weighted by Gasteiger charge is 2.48. The summed E-state index contributed by atoms with van der Waals surface area (Å²) >= 11 is 5.86.